The van der Waals surface area contributed by atoms with Gasteiger partial charge >= 0.3 is 0 Å². The van der Waals surface area contributed by atoms with Crippen LogP contribution in [0.5, 0.6) is 0 Å². The van der Waals surface area contributed by atoms with Crippen LogP contribution in [-0.2, 0) is 4.79 Å². The molecule has 0 bridgehead atoms. The molecular formula is C13H14N4O3S3. The van der Waals surface area contributed by atoms with Gasteiger partial charge in [0, 0.05) is 6.07 Å². The third-order valence-electron chi connectivity index (χ3n) is 2.66. The van der Waals surface area contributed by atoms with Gasteiger partial charge in [-0.15, -0.1) is 10.2 Å². The number of hydrogen-bond acceptors (Lipinski definition) is 8. The number of aromatic nitrogens is 2. The predicted molar refractivity (Wildman–Crippen MR) is 93.4 cm³/mol. The van der Waals surface area contributed by atoms with Crippen molar-refractivity contribution in [3.05, 3.63) is 34.4 Å². The quantitative estimate of drug-likeness (QED) is 0.451. The van der Waals surface area contributed by atoms with Gasteiger partial charge in [0.05, 0.1) is 10.2 Å². The predicted octanol–water partition coefficient (Wildman–Crippen LogP) is 3.68. The van der Waals surface area contributed by atoms with Gasteiger partial charge in [-0.2, -0.15) is 0 Å². The van der Waals surface area contributed by atoms with Crippen LogP contribution < -0.4 is 5.32 Å². The number of amides is 1. The van der Waals surface area contributed by atoms with E-state index < -0.39 is 10.2 Å². The van der Waals surface area contributed by atoms with Crippen LogP contribution in [0, 0.1) is 10.1 Å². The summed E-state index contributed by atoms with van der Waals surface area (Å²) in [7, 11) is 0. The van der Waals surface area contributed by atoms with E-state index in [2.05, 4.69) is 15.5 Å². The van der Waals surface area contributed by atoms with Crippen molar-refractivity contribution in [1.82, 2.24) is 10.2 Å². The van der Waals surface area contributed by atoms with Gasteiger partial charge in [0.25, 0.3) is 5.69 Å². The first-order valence-corrected chi connectivity index (χ1v) is 9.36. The molecular weight excluding hydrogens is 356 g/mol. The molecule has 1 amide bonds. The molecule has 1 heterocycles. The van der Waals surface area contributed by atoms with Crippen molar-refractivity contribution in [3.63, 3.8) is 0 Å². The Morgan fingerprint density at radius 3 is 2.78 bits per heavy atom. The van der Waals surface area contributed by atoms with Gasteiger partial charge in [0.2, 0.25) is 5.91 Å². The molecule has 10 heteroatoms. The first-order valence-electron chi connectivity index (χ1n) is 6.68. The van der Waals surface area contributed by atoms with Crippen LogP contribution >= 0.6 is 34.9 Å². The number of nitrogens with one attached hydrogen (secondary N) is 1. The second-order valence-corrected chi connectivity index (χ2v) is 8.37. The highest BCUT2D eigenvalue weighted by Crippen LogP contribution is 2.32. The van der Waals surface area contributed by atoms with Gasteiger partial charge in [-0.05, 0) is 18.7 Å². The Labute approximate surface area is 145 Å². The van der Waals surface area contributed by atoms with Gasteiger partial charge < -0.3 is 5.32 Å². The lowest BCUT2D eigenvalue weighted by Crippen LogP contribution is -2.22. The zero-order valence-corrected chi connectivity index (χ0v) is 14.8. The van der Waals surface area contributed by atoms with E-state index in [9.17, 15) is 14.9 Å². The van der Waals surface area contributed by atoms with E-state index in [1.807, 2.05) is 6.92 Å². The van der Waals surface area contributed by atoms with Crippen molar-refractivity contribution >= 4 is 52.1 Å². The number of carbonyl (C=O) groups excluding carboxylic acids is 1. The highest BCUT2D eigenvalue weighted by molar-refractivity contribution is 8.03. The summed E-state index contributed by atoms with van der Waals surface area (Å²) >= 11 is 4.31. The number of anilines is 1. The Hall–Kier alpha value is -1.65. The van der Waals surface area contributed by atoms with Crippen LogP contribution in [0.15, 0.2) is 32.9 Å². The Balaban J connectivity index is 2.01. The number of nitro benzene ring substituents is 1. The number of thioether (sulfide) groups is 2. The lowest BCUT2D eigenvalue weighted by Gasteiger charge is -2.10. The van der Waals surface area contributed by atoms with Gasteiger partial charge in [-0.25, -0.2) is 0 Å². The number of hydrogen-bond donors (Lipinski definition) is 1. The van der Waals surface area contributed by atoms with Gasteiger partial charge in [-0.3, -0.25) is 14.9 Å². The van der Waals surface area contributed by atoms with Crippen molar-refractivity contribution in [2.75, 3.05) is 11.1 Å². The summed E-state index contributed by atoms with van der Waals surface area (Å²) in [4.78, 5) is 22.7. The van der Waals surface area contributed by atoms with Crippen molar-refractivity contribution in [3.8, 4) is 0 Å². The minimum absolute atomic E-state index is 0.129. The van der Waals surface area contributed by atoms with Crippen molar-refractivity contribution in [1.29, 1.82) is 0 Å². The van der Waals surface area contributed by atoms with Gasteiger partial charge in [0.1, 0.15) is 5.69 Å². The molecule has 1 aromatic carbocycles. The molecule has 2 rings (SSSR count). The normalized spacial score (nSPS) is 11.9. The topological polar surface area (TPSA) is 98.0 Å². The average molecular weight is 370 g/mol. The summed E-state index contributed by atoms with van der Waals surface area (Å²) in [5.41, 5.74) is 0.0602. The highest BCUT2D eigenvalue weighted by Gasteiger charge is 2.21. The van der Waals surface area contributed by atoms with Gasteiger partial charge in [-0.1, -0.05) is 53.9 Å². The molecule has 122 valence electrons. The maximum absolute atomic E-state index is 12.2. The van der Waals surface area contributed by atoms with E-state index in [-0.39, 0.29) is 17.3 Å². The second kappa shape index (κ2) is 8.27. The number of nitrogens with zero attached hydrogens (tertiary/aromatic N) is 3. The van der Waals surface area contributed by atoms with Crippen LogP contribution in [0.25, 0.3) is 0 Å². The minimum atomic E-state index is -0.521. The number of carbonyl (C=O) groups is 1. The molecule has 1 N–H and O–H groups in total. The maximum Gasteiger partial charge on any atom is 0.292 e. The maximum atomic E-state index is 12.2. The molecule has 1 atom stereocenters. The standard InChI is InChI=1S/C13H14N4O3S3/c1-3-21-12-15-16-13(23-12)22-8(2)11(18)14-9-6-4-5-7-10(9)17(19)20/h4-8H,3H2,1-2H3,(H,14,18). The molecule has 2 aromatic rings. The van der Waals surface area contributed by atoms with E-state index in [1.54, 1.807) is 30.8 Å². The van der Waals surface area contributed by atoms with Crippen LogP contribution in [0.2, 0.25) is 0 Å². The van der Waals surface area contributed by atoms with E-state index in [4.69, 9.17) is 0 Å². The molecule has 23 heavy (non-hydrogen) atoms. The molecule has 0 aliphatic carbocycles. The molecule has 0 aliphatic heterocycles. The zero-order valence-electron chi connectivity index (χ0n) is 12.4. The molecule has 1 unspecified atom stereocenters. The summed E-state index contributed by atoms with van der Waals surface area (Å²) in [6, 6.07) is 6.06. The zero-order chi connectivity index (χ0) is 16.8. The SMILES string of the molecule is CCSc1nnc(SC(C)C(=O)Nc2ccccc2[N+](=O)[O-])s1. The first kappa shape index (κ1) is 17.7. The van der Waals surface area contributed by atoms with E-state index in [0.717, 1.165) is 10.1 Å². The molecule has 0 spiro atoms. The van der Waals surface area contributed by atoms with Crippen LogP contribution in [0.3, 0.4) is 0 Å². The fourth-order valence-corrected chi connectivity index (χ4v) is 4.67. The van der Waals surface area contributed by atoms with Crippen LogP contribution in [-0.4, -0.2) is 32.0 Å². The Bertz CT molecular complexity index is 707. The molecule has 7 nitrogen and oxygen atoms in total. The summed E-state index contributed by atoms with van der Waals surface area (Å²) in [5.74, 6) is 0.594. The number of nitro groups is 1. The van der Waals surface area contributed by atoms with Crippen LogP contribution in [0.4, 0.5) is 11.4 Å². The Morgan fingerprint density at radius 2 is 2.09 bits per heavy atom. The van der Waals surface area contributed by atoms with E-state index >= 15 is 0 Å². The largest absolute Gasteiger partial charge is 0.319 e. The second-order valence-electron chi connectivity index (χ2n) is 4.29. The van der Waals surface area contributed by atoms with Gasteiger partial charge in [0.15, 0.2) is 8.68 Å². The lowest BCUT2D eigenvalue weighted by atomic mass is 10.2. The third kappa shape index (κ3) is 4.91. The minimum Gasteiger partial charge on any atom is -0.319 e. The number of benzene rings is 1. The third-order valence-corrected chi connectivity index (χ3v) is 5.78. The fourth-order valence-electron chi connectivity index (χ4n) is 1.60. The summed E-state index contributed by atoms with van der Waals surface area (Å²) in [5, 5.41) is 21.2. The molecule has 0 saturated heterocycles. The van der Waals surface area contributed by atoms with E-state index in [0.29, 0.717) is 4.34 Å². The molecule has 0 fully saturated rings. The number of rotatable bonds is 7. The van der Waals surface area contributed by atoms with E-state index in [1.165, 1.54) is 35.2 Å². The molecule has 1 aromatic heterocycles. The lowest BCUT2D eigenvalue weighted by molar-refractivity contribution is -0.383. The molecule has 0 radical (unpaired) electrons. The highest BCUT2D eigenvalue weighted by atomic mass is 32.2. The fraction of sp³-hybridized carbons (Fsp3) is 0.308. The smallest absolute Gasteiger partial charge is 0.292 e. The monoisotopic (exact) mass is 370 g/mol. The average Bonchev–Trinajstić information content (AvgIpc) is 2.95. The molecule has 0 aliphatic rings. The van der Waals surface area contributed by atoms with Crippen molar-refractivity contribution in [2.45, 2.75) is 27.8 Å². The Morgan fingerprint density at radius 1 is 1.39 bits per heavy atom. The first-order chi connectivity index (χ1) is 11.0. The summed E-state index contributed by atoms with van der Waals surface area (Å²) < 4.78 is 1.56. The summed E-state index contributed by atoms with van der Waals surface area (Å²) in [6.45, 7) is 3.75. The summed E-state index contributed by atoms with van der Waals surface area (Å²) in [6.07, 6.45) is 0. The van der Waals surface area contributed by atoms with Crippen LogP contribution in [0.1, 0.15) is 13.8 Å². The molecule has 0 saturated carbocycles. The van der Waals surface area contributed by atoms with Crippen molar-refractivity contribution < 1.29 is 9.72 Å². The van der Waals surface area contributed by atoms with Crippen molar-refractivity contribution in [2.24, 2.45) is 0 Å². The number of para-hydroxylation sites is 2. The Kier molecular flexibility index (Phi) is 6.37.